The molecule has 1 aromatic rings. The van der Waals surface area contributed by atoms with Gasteiger partial charge in [0.05, 0.1) is 19.3 Å². The Morgan fingerprint density at radius 3 is 2.72 bits per heavy atom. The van der Waals surface area contributed by atoms with Crippen LogP contribution in [0.25, 0.3) is 0 Å². The summed E-state index contributed by atoms with van der Waals surface area (Å²) in [6.07, 6.45) is 1.44. The highest BCUT2D eigenvalue weighted by molar-refractivity contribution is 6.33. The summed E-state index contributed by atoms with van der Waals surface area (Å²) in [7, 11) is 0. The summed E-state index contributed by atoms with van der Waals surface area (Å²) in [6.45, 7) is 2.68. The first-order valence-electron chi connectivity index (χ1n) is 5.44. The Labute approximate surface area is 109 Å². The number of nitrogens with one attached hydrogen (secondary N) is 2. The van der Waals surface area contributed by atoms with Crippen molar-refractivity contribution in [2.75, 3.05) is 29.9 Å². The number of aromatic nitrogens is 2. The van der Waals surface area contributed by atoms with Crippen molar-refractivity contribution in [3.63, 3.8) is 0 Å². The monoisotopic (exact) mass is 269 g/mol. The van der Waals surface area contributed by atoms with Crippen molar-refractivity contribution < 1.29 is 9.59 Å². The van der Waals surface area contributed by atoms with E-state index >= 15 is 0 Å². The van der Waals surface area contributed by atoms with E-state index in [1.807, 2.05) is 6.92 Å². The molecule has 8 heteroatoms. The minimum Gasteiger partial charge on any atom is -0.354 e. The van der Waals surface area contributed by atoms with Gasteiger partial charge in [-0.3, -0.25) is 14.9 Å². The highest BCUT2D eigenvalue weighted by Gasteiger charge is 2.25. The first-order chi connectivity index (χ1) is 8.60. The number of piperazine rings is 1. The molecule has 0 spiro atoms. The number of hydrogen-bond donors (Lipinski definition) is 2. The Morgan fingerprint density at radius 1 is 1.44 bits per heavy atom. The number of carbonyl (C=O) groups excluding carboxylic acids is 2. The number of amides is 2. The summed E-state index contributed by atoms with van der Waals surface area (Å²) in [4.78, 5) is 32.3. The molecule has 18 heavy (non-hydrogen) atoms. The maximum atomic E-state index is 11.3. The normalized spacial score (nSPS) is 15.6. The Morgan fingerprint density at radius 2 is 2.11 bits per heavy atom. The molecule has 0 bridgehead atoms. The molecule has 1 aromatic heterocycles. The topological polar surface area (TPSA) is 87.2 Å². The third-order valence-electron chi connectivity index (χ3n) is 2.31. The Hall–Kier alpha value is -1.89. The second-order valence-corrected chi connectivity index (χ2v) is 4.13. The maximum absolute atomic E-state index is 11.3. The van der Waals surface area contributed by atoms with E-state index < -0.39 is 0 Å². The van der Waals surface area contributed by atoms with Gasteiger partial charge in [0.2, 0.25) is 17.8 Å². The molecule has 2 N–H and O–H groups in total. The zero-order valence-electron chi connectivity index (χ0n) is 9.73. The van der Waals surface area contributed by atoms with Crippen LogP contribution in [-0.2, 0) is 9.59 Å². The third kappa shape index (κ3) is 2.67. The van der Waals surface area contributed by atoms with Crippen LogP contribution in [0.4, 0.5) is 11.8 Å². The quantitative estimate of drug-likeness (QED) is 0.753. The average molecular weight is 270 g/mol. The van der Waals surface area contributed by atoms with Gasteiger partial charge in [-0.25, -0.2) is 4.98 Å². The van der Waals surface area contributed by atoms with Crippen LogP contribution >= 0.6 is 11.6 Å². The fraction of sp³-hybridized carbons (Fsp3) is 0.400. The molecule has 0 aliphatic carbocycles. The lowest BCUT2D eigenvalue weighted by Crippen LogP contribution is -2.51. The number of rotatable bonds is 3. The molecule has 0 aromatic carbocycles. The number of hydrogen-bond acceptors (Lipinski definition) is 6. The lowest BCUT2D eigenvalue weighted by Gasteiger charge is -2.27. The van der Waals surface area contributed by atoms with E-state index in [2.05, 4.69) is 20.6 Å². The average Bonchev–Trinajstić information content (AvgIpc) is 2.30. The number of anilines is 2. The van der Waals surface area contributed by atoms with Crippen LogP contribution in [0, 0.1) is 0 Å². The molecule has 2 heterocycles. The van der Waals surface area contributed by atoms with Crippen molar-refractivity contribution in [2.45, 2.75) is 6.92 Å². The zero-order valence-corrected chi connectivity index (χ0v) is 10.5. The molecule has 1 aliphatic heterocycles. The molecule has 1 fully saturated rings. The number of imide groups is 1. The van der Waals surface area contributed by atoms with Crippen LogP contribution in [0.2, 0.25) is 5.02 Å². The fourth-order valence-corrected chi connectivity index (χ4v) is 1.82. The van der Waals surface area contributed by atoms with Crippen LogP contribution < -0.4 is 15.5 Å². The van der Waals surface area contributed by atoms with Gasteiger partial charge in [0.15, 0.2) is 5.82 Å². The van der Waals surface area contributed by atoms with Crippen molar-refractivity contribution in [2.24, 2.45) is 0 Å². The van der Waals surface area contributed by atoms with E-state index in [9.17, 15) is 9.59 Å². The van der Waals surface area contributed by atoms with Gasteiger partial charge in [-0.05, 0) is 6.92 Å². The minimum atomic E-state index is -0.370. The Balaban J connectivity index is 2.28. The van der Waals surface area contributed by atoms with E-state index in [1.54, 1.807) is 0 Å². The smallest absolute Gasteiger partial charge is 0.246 e. The highest BCUT2D eigenvalue weighted by atomic mass is 35.5. The van der Waals surface area contributed by atoms with Gasteiger partial charge in [0.1, 0.15) is 5.02 Å². The number of halogens is 1. The predicted octanol–water partition coefficient (Wildman–Crippen LogP) is 0.0246. The van der Waals surface area contributed by atoms with Gasteiger partial charge < -0.3 is 10.2 Å². The zero-order chi connectivity index (χ0) is 13.1. The molecule has 1 saturated heterocycles. The third-order valence-corrected chi connectivity index (χ3v) is 2.57. The summed E-state index contributed by atoms with van der Waals surface area (Å²) in [5.41, 5.74) is 0. The molecule has 0 atom stereocenters. The maximum Gasteiger partial charge on any atom is 0.246 e. The van der Waals surface area contributed by atoms with Crippen LogP contribution in [0.5, 0.6) is 0 Å². The molecule has 0 unspecified atom stereocenters. The second-order valence-electron chi connectivity index (χ2n) is 3.72. The van der Waals surface area contributed by atoms with Gasteiger partial charge >= 0.3 is 0 Å². The molecular formula is C10H12ClN5O2. The SMILES string of the molecule is CCNc1ncc(Cl)c(N2CC(=O)NC(=O)C2)n1. The Kier molecular flexibility index (Phi) is 3.61. The van der Waals surface area contributed by atoms with Gasteiger partial charge in [0, 0.05) is 6.54 Å². The van der Waals surface area contributed by atoms with Gasteiger partial charge in [0.25, 0.3) is 0 Å². The molecule has 1 aliphatic rings. The summed E-state index contributed by atoms with van der Waals surface area (Å²) < 4.78 is 0. The molecule has 0 saturated carbocycles. The van der Waals surface area contributed by atoms with Gasteiger partial charge in [-0.1, -0.05) is 11.6 Å². The van der Waals surface area contributed by atoms with E-state index in [4.69, 9.17) is 11.6 Å². The molecule has 2 amide bonds. The van der Waals surface area contributed by atoms with Crippen molar-refractivity contribution in [3.8, 4) is 0 Å². The standard InChI is InChI=1S/C10H12ClN5O2/c1-2-12-10-13-3-6(11)9(15-10)16-4-7(17)14-8(18)5-16/h3H,2,4-5H2,1H3,(H,12,13,15)(H,14,17,18). The van der Waals surface area contributed by atoms with E-state index in [0.717, 1.165) is 0 Å². The first-order valence-corrected chi connectivity index (χ1v) is 5.82. The molecular weight excluding hydrogens is 258 g/mol. The summed E-state index contributed by atoms with van der Waals surface area (Å²) in [5, 5.41) is 5.47. The van der Waals surface area contributed by atoms with Gasteiger partial charge in [-0.15, -0.1) is 0 Å². The summed E-state index contributed by atoms with van der Waals surface area (Å²) in [6, 6.07) is 0. The van der Waals surface area contributed by atoms with E-state index in [1.165, 1.54) is 11.1 Å². The van der Waals surface area contributed by atoms with Crippen molar-refractivity contribution in [1.82, 2.24) is 15.3 Å². The van der Waals surface area contributed by atoms with E-state index in [0.29, 0.717) is 23.3 Å². The fourth-order valence-electron chi connectivity index (χ4n) is 1.61. The number of carbonyl (C=O) groups is 2. The molecule has 2 rings (SSSR count). The summed E-state index contributed by atoms with van der Waals surface area (Å²) in [5.74, 6) is 0.0537. The van der Waals surface area contributed by atoms with Gasteiger partial charge in [-0.2, -0.15) is 4.98 Å². The first kappa shape index (κ1) is 12.6. The molecule has 96 valence electrons. The van der Waals surface area contributed by atoms with Crippen molar-refractivity contribution in [1.29, 1.82) is 0 Å². The van der Waals surface area contributed by atoms with Crippen molar-refractivity contribution >= 4 is 35.2 Å². The largest absolute Gasteiger partial charge is 0.354 e. The van der Waals surface area contributed by atoms with Crippen molar-refractivity contribution in [3.05, 3.63) is 11.2 Å². The highest BCUT2D eigenvalue weighted by Crippen LogP contribution is 2.24. The van der Waals surface area contributed by atoms with Crippen LogP contribution in [0.1, 0.15) is 6.92 Å². The second kappa shape index (κ2) is 5.18. The molecule has 7 nitrogen and oxygen atoms in total. The Bertz CT molecular complexity index is 477. The predicted molar refractivity (Wildman–Crippen MR) is 66.6 cm³/mol. The number of nitrogens with zero attached hydrogens (tertiary/aromatic N) is 3. The van der Waals surface area contributed by atoms with E-state index in [-0.39, 0.29) is 24.9 Å². The van der Waals surface area contributed by atoms with Crippen LogP contribution in [0.15, 0.2) is 6.20 Å². The lowest BCUT2D eigenvalue weighted by molar-refractivity contribution is -0.130. The minimum absolute atomic E-state index is 0.0496. The van der Waals surface area contributed by atoms with Crippen LogP contribution in [0.3, 0.4) is 0 Å². The molecule has 0 radical (unpaired) electrons. The van der Waals surface area contributed by atoms with Crippen LogP contribution in [-0.4, -0.2) is 41.4 Å². The lowest BCUT2D eigenvalue weighted by atomic mass is 10.3. The summed E-state index contributed by atoms with van der Waals surface area (Å²) >= 11 is 5.99.